The number of ether oxygens (including phenoxy) is 2. The van der Waals surface area contributed by atoms with Gasteiger partial charge in [0.1, 0.15) is 27.8 Å². The lowest BCUT2D eigenvalue weighted by Crippen LogP contribution is -2.56. The number of morpholine rings is 1. The number of para-hydroxylation sites is 1. The summed E-state index contributed by atoms with van der Waals surface area (Å²) in [4.78, 5) is 19.4. The van der Waals surface area contributed by atoms with Gasteiger partial charge < -0.3 is 25.0 Å². The lowest BCUT2D eigenvalue weighted by atomic mass is 9.89. The van der Waals surface area contributed by atoms with Gasteiger partial charge in [0.05, 0.1) is 36.0 Å². The normalized spacial score (nSPS) is 16.8. The molecule has 4 aromatic rings. The number of piperidine rings is 1. The minimum atomic E-state index is -4.79. The highest BCUT2D eigenvalue weighted by Gasteiger charge is 2.44. The van der Waals surface area contributed by atoms with Crippen molar-refractivity contribution in [1.82, 2.24) is 20.5 Å². The Morgan fingerprint density at radius 2 is 1.90 bits per heavy atom. The molecule has 4 heterocycles. The van der Waals surface area contributed by atoms with Gasteiger partial charge in [0.25, 0.3) is 5.91 Å². The molecule has 0 saturated carbocycles. The number of nitrogens with zero attached hydrogens (tertiary/aromatic N) is 4. The highest BCUT2D eigenvalue weighted by molar-refractivity contribution is 7.13. The zero-order valence-corrected chi connectivity index (χ0v) is 23.2. The first-order valence-electron chi connectivity index (χ1n) is 13.4. The van der Waals surface area contributed by atoms with Crippen LogP contribution in [0.2, 0.25) is 0 Å². The molecule has 2 aromatic heterocycles. The van der Waals surface area contributed by atoms with Crippen molar-refractivity contribution in [3.05, 3.63) is 77.6 Å². The summed E-state index contributed by atoms with van der Waals surface area (Å²) >= 11 is 1.23. The molecule has 2 fully saturated rings. The molecule has 0 unspecified atom stereocenters. The van der Waals surface area contributed by atoms with Gasteiger partial charge in [-0.15, -0.1) is 11.3 Å². The fourth-order valence-corrected chi connectivity index (χ4v) is 6.10. The molecule has 0 radical (unpaired) electrons. The Morgan fingerprint density at radius 3 is 2.64 bits per heavy atom. The quantitative estimate of drug-likeness (QED) is 0.296. The second-order valence-electron chi connectivity index (χ2n) is 10.1. The third kappa shape index (κ3) is 5.94. The number of hydrogen-bond donors (Lipinski definition) is 2. The molecule has 2 aliphatic heterocycles. The Bertz CT molecular complexity index is 1540. The minimum Gasteiger partial charge on any atom is -0.457 e. The number of thiazole rings is 1. The molecule has 6 rings (SSSR count). The van der Waals surface area contributed by atoms with Gasteiger partial charge in [0.2, 0.25) is 0 Å². The Balaban J connectivity index is 1.40. The van der Waals surface area contributed by atoms with Crippen LogP contribution < -0.4 is 20.3 Å². The second kappa shape index (κ2) is 11.7. The molecular weight excluding hydrogens is 569 g/mol. The number of benzene rings is 2. The molecule has 0 aliphatic carbocycles. The first-order chi connectivity index (χ1) is 20.3. The number of anilines is 2. The zero-order chi connectivity index (χ0) is 29.2. The third-order valence-electron chi connectivity index (χ3n) is 7.29. The van der Waals surface area contributed by atoms with E-state index in [4.69, 9.17) is 9.47 Å². The second-order valence-corrected chi connectivity index (χ2v) is 10.9. The van der Waals surface area contributed by atoms with E-state index in [9.17, 15) is 18.0 Å². The summed E-state index contributed by atoms with van der Waals surface area (Å²) in [5, 5.41) is 15.7. The maximum atomic E-state index is 14.9. The fraction of sp³-hybridized carbons (Fsp3) is 0.310. The molecule has 42 heavy (non-hydrogen) atoms. The molecule has 218 valence electrons. The van der Waals surface area contributed by atoms with Crippen molar-refractivity contribution in [3.63, 3.8) is 0 Å². The van der Waals surface area contributed by atoms with Gasteiger partial charge in [-0.25, -0.2) is 4.98 Å². The van der Waals surface area contributed by atoms with Crippen molar-refractivity contribution < 1.29 is 27.4 Å². The van der Waals surface area contributed by atoms with E-state index in [2.05, 4.69) is 25.8 Å². The Hall–Kier alpha value is -4.07. The summed E-state index contributed by atoms with van der Waals surface area (Å²) in [6, 6.07) is 12.7. The SMILES string of the molecule is O=C(Nc1ccc(Oc2ccccc2)c(C(F)(F)F)c1N1CCOC2(CCNCC2)C1)c1csc(-c2ccnnc2)n1. The van der Waals surface area contributed by atoms with Gasteiger partial charge in [0.15, 0.2) is 0 Å². The number of rotatable bonds is 6. The molecule has 2 aromatic carbocycles. The Kier molecular flexibility index (Phi) is 7.80. The lowest BCUT2D eigenvalue weighted by Gasteiger charge is -2.46. The van der Waals surface area contributed by atoms with Crippen molar-refractivity contribution in [2.75, 3.05) is 43.0 Å². The standard InChI is InChI=1S/C29H27F3N6O3S/c30-29(31,32)24-23(41-20-4-2-1-3-5-20)7-6-21(25(24)38-14-15-40-28(18-38)9-12-33-13-10-28)36-26(39)22-17-42-27(37-22)19-8-11-34-35-16-19/h1-8,11,16-17,33H,9-10,12-15,18H2,(H,36,39). The van der Waals surface area contributed by atoms with E-state index in [1.54, 1.807) is 46.7 Å². The van der Waals surface area contributed by atoms with Crippen molar-refractivity contribution >= 4 is 28.6 Å². The average Bonchev–Trinajstić information content (AvgIpc) is 3.49. The van der Waals surface area contributed by atoms with E-state index in [0.717, 1.165) is 0 Å². The summed E-state index contributed by atoms with van der Waals surface area (Å²) in [7, 11) is 0. The molecule has 2 saturated heterocycles. The predicted octanol–water partition coefficient (Wildman–Crippen LogP) is 5.62. The van der Waals surface area contributed by atoms with Crippen LogP contribution in [0.1, 0.15) is 28.9 Å². The van der Waals surface area contributed by atoms with Crippen LogP contribution in [0.4, 0.5) is 24.5 Å². The van der Waals surface area contributed by atoms with E-state index in [-0.39, 0.29) is 48.3 Å². The van der Waals surface area contributed by atoms with Crippen LogP contribution in [0.15, 0.2) is 66.3 Å². The first kappa shape index (κ1) is 28.1. The minimum absolute atomic E-state index is 0.0128. The van der Waals surface area contributed by atoms with E-state index in [1.165, 1.54) is 35.9 Å². The number of halogens is 3. The maximum Gasteiger partial charge on any atom is 0.422 e. The number of amides is 1. The number of aromatic nitrogens is 3. The van der Waals surface area contributed by atoms with Gasteiger partial charge in [-0.2, -0.15) is 23.4 Å². The highest BCUT2D eigenvalue weighted by Crippen LogP contribution is 2.49. The monoisotopic (exact) mass is 596 g/mol. The summed E-state index contributed by atoms with van der Waals surface area (Å²) < 4.78 is 56.8. The van der Waals surface area contributed by atoms with Crippen LogP contribution in [0, 0.1) is 0 Å². The third-order valence-corrected chi connectivity index (χ3v) is 8.18. The average molecular weight is 597 g/mol. The number of hydrogen-bond acceptors (Lipinski definition) is 9. The molecule has 1 spiro atoms. The number of carbonyl (C=O) groups is 1. The number of alkyl halides is 3. The molecular formula is C29H27F3N6O3S. The maximum absolute atomic E-state index is 14.9. The summed E-state index contributed by atoms with van der Waals surface area (Å²) in [6.45, 7) is 2.13. The van der Waals surface area contributed by atoms with Crippen molar-refractivity contribution in [3.8, 4) is 22.1 Å². The van der Waals surface area contributed by atoms with Crippen LogP contribution in [-0.4, -0.2) is 59.5 Å². The first-order valence-corrected chi connectivity index (χ1v) is 14.3. The van der Waals surface area contributed by atoms with Crippen LogP contribution >= 0.6 is 11.3 Å². The predicted molar refractivity (Wildman–Crippen MR) is 152 cm³/mol. The summed E-state index contributed by atoms with van der Waals surface area (Å²) in [5.41, 5.74) is -0.938. The van der Waals surface area contributed by atoms with Crippen LogP contribution in [-0.2, 0) is 10.9 Å². The molecule has 13 heteroatoms. The van der Waals surface area contributed by atoms with Gasteiger partial charge in [0, 0.05) is 24.0 Å². The molecule has 9 nitrogen and oxygen atoms in total. The number of carbonyl (C=O) groups excluding carboxylic acids is 1. The van der Waals surface area contributed by atoms with Gasteiger partial charge in [-0.05, 0) is 56.3 Å². The van der Waals surface area contributed by atoms with Crippen molar-refractivity contribution in [1.29, 1.82) is 0 Å². The van der Waals surface area contributed by atoms with Crippen LogP contribution in [0.3, 0.4) is 0 Å². The largest absolute Gasteiger partial charge is 0.457 e. The lowest BCUT2D eigenvalue weighted by molar-refractivity contribution is -0.138. The Labute approximate surface area is 243 Å². The highest BCUT2D eigenvalue weighted by atomic mass is 32.1. The summed E-state index contributed by atoms with van der Waals surface area (Å²) in [6.07, 6.45) is -0.426. The smallest absolute Gasteiger partial charge is 0.422 e. The van der Waals surface area contributed by atoms with Gasteiger partial charge >= 0.3 is 6.18 Å². The number of nitrogens with one attached hydrogen (secondary N) is 2. The molecule has 2 N–H and O–H groups in total. The van der Waals surface area contributed by atoms with E-state index in [1.807, 2.05) is 0 Å². The van der Waals surface area contributed by atoms with Crippen LogP contribution in [0.25, 0.3) is 10.6 Å². The van der Waals surface area contributed by atoms with E-state index >= 15 is 0 Å². The van der Waals surface area contributed by atoms with Gasteiger partial charge in [-0.1, -0.05) is 18.2 Å². The van der Waals surface area contributed by atoms with Crippen molar-refractivity contribution in [2.45, 2.75) is 24.6 Å². The zero-order valence-electron chi connectivity index (χ0n) is 22.4. The summed E-state index contributed by atoms with van der Waals surface area (Å²) in [5.74, 6) is -0.715. The molecule has 2 aliphatic rings. The fourth-order valence-electron chi connectivity index (χ4n) is 5.31. The molecule has 1 amide bonds. The van der Waals surface area contributed by atoms with Crippen molar-refractivity contribution in [2.24, 2.45) is 0 Å². The molecule has 0 atom stereocenters. The van der Waals surface area contributed by atoms with Gasteiger partial charge in [-0.3, -0.25) is 4.79 Å². The Morgan fingerprint density at radius 1 is 1.10 bits per heavy atom. The van der Waals surface area contributed by atoms with E-state index < -0.39 is 23.2 Å². The van der Waals surface area contributed by atoms with Crippen LogP contribution in [0.5, 0.6) is 11.5 Å². The molecule has 0 bridgehead atoms. The van der Waals surface area contributed by atoms with E-state index in [0.29, 0.717) is 36.5 Å². The topological polar surface area (TPSA) is 102 Å².